The van der Waals surface area contributed by atoms with E-state index in [2.05, 4.69) is 34.1 Å². The van der Waals surface area contributed by atoms with Gasteiger partial charge in [0.15, 0.2) is 0 Å². The molecule has 3 aromatic rings. The van der Waals surface area contributed by atoms with Gasteiger partial charge in [-0.2, -0.15) is 11.3 Å². The summed E-state index contributed by atoms with van der Waals surface area (Å²) < 4.78 is 1.13. The van der Waals surface area contributed by atoms with E-state index in [-0.39, 0.29) is 0 Å². The Labute approximate surface area is 113 Å². The van der Waals surface area contributed by atoms with E-state index >= 15 is 0 Å². The molecule has 0 bridgehead atoms. The van der Waals surface area contributed by atoms with Crippen molar-refractivity contribution in [1.29, 1.82) is 0 Å². The van der Waals surface area contributed by atoms with Gasteiger partial charge >= 0.3 is 0 Å². The summed E-state index contributed by atoms with van der Waals surface area (Å²) in [5.41, 5.74) is 13.2. The molecular formula is C13H13N3S2. The summed E-state index contributed by atoms with van der Waals surface area (Å²) in [4.78, 5) is 4.30. The average Bonchev–Trinajstić information content (AvgIpc) is 2.98. The summed E-state index contributed by atoms with van der Waals surface area (Å²) >= 11 is 3.34. The van der Waals surface area contributed by atoms with Crippen molar-refractivity contribution in [2.45, 2.75) is 13.5 Å². The van der Waals surface area contributed by atoms with Crippen LogP contribution in [0.3, 0.4) is 0 Å². The zero-order valence-electron chi connectivity index (χ0n) is 9.93. The first-order valence-electron chi connectivity index (χ1n) is 5.63. The first kappa shape index (κ1) is 11.5. The molecule has 0 spiro atoms. The Morgan fingerprint density at radius 2 is 2.22 bits per heavy atom. The molecule has 3 nitrogen and oxygen atoms in total. The van der Waals surface area contributed by atoms with Crippen molar-refractivity contribution in [1.82, 2.24) is 4.98 Å². The molecule has 0 fully saturated rings. The number of rotatable bonds is 3. The minimum absolute atomic E-state index is 0.738. The molecule has 0 unspecified atom stereocenters. The van der Waals surface area contributed by atoms with Crippen LogP contribution in [0.5, 0.6) is 0 Å². The van der Waals surface area contributed by atoms with E-state index in [1.807, 2.05) is 11.6 Å². The number of benzene rings is 1. The Morgan fingerprint density at radius 1 is 1.33 bits per heavy atom. The molecule has 0 saturated carbocycles. The van der Waals surface area contributed by atoms with Crippen LogP contribution < -0.4 is 11.1 Å². The molecule has 92 valence electrons. The molecule has 0 atom stereocenters. The zero-order valence-corrected chi connectivity index (χ0v) is 11.6. The fourth-order valence-corrected chi connectivity index (χ4v) is 3.41. The van der Waals surface area contributed by atoms with E-state index in [1.54, 1.807) is 22.7 Å². The maximum atomic E-state index is 6.13. The van der Waals surface area contributed by atoms with Crippen molar-refractivity contribution in [2.75, 3.05) is 11.1 Å². The minimum atomic E-state index is 0.738. The molecular weight excluding hydrogens is 262 g/mol. The molecule has 0 aliphatic carbocycles. The van der Waals surface area contributed by atoms with Gasteiger partial charge < -0.3 is 11.1 Å². The molecule has 1 aromatic carbocycles. The summed E-state index contributed by atoms with van der Waals surface area (Å²) in [7, 11) is 0. The molecule has 3 N–H and O–H groups in total. The van der Waals surface area contributed by atoms with Gasteiger partial charge in [0.25, 0.3) is 0 Å². The lowest BCUT2D eigenvalue weighted by Crippen LogP contribution is -2.02. The summed E-state index contributed by atoms with van der Waals surface area (Å²) in [6, 6.07) is 4.09. The summed E-state index contributed by atoms with van der Waals surface area (Å²) in [5.74, 6) is 0. The van der Waals surface area contributed by atoms with Gasteiger partial charge in [0, 0.05) is 6.54 Å². The number of fused-ring (bicyclic) bond motifs is 1. The number of nitrogens with two attached hydrogens (primary N) is 1. The van der Waals surface area contributed by atoms with Gasteiger partial charge in [-0.15, -0.1) is 11.3 Å². The molecule has 0 aliphatic heterocycles. The van der Waals surface area contributed by atoms with Crippen molar-refractivity contribution in [3.63, 3.8) is 0 Å². The Kier molecular flexibility index (Phi) is 2.93. The van der Waals surface area contributed by atoms with Crippen molar-refractivity contribution in [3.05, 3.63) is 39.5 Å². The highest BCUT2D eigenvalue weighted by Gasteiger charge is 2.07. The average molecular weight is 275 g/mol. The highest BCUT2D eigenvalue weighted by atomic mass is 32.1. The maximum Gasteiger partial charge on any atom is 0.106 e. The maximum absolute atomic E-state index is 6.13. The van der Waals surface area contributed by atoms with E-state index in [0.29, 0.717) is 0 Å². The number of nitrogen functional groups attached to an aromatic ring is 1. The van der Waals surface area contributed by atoms with Crippen LogP contribution in [0.15, 0.2) is 28.4 Å². The number of nitrogens with zero attached hydrogens (tertiary/aromatic N) is 1. The highest BCUT2D eigenvalue weighted by Crippen LogP contribution is 2.30. The van der Waals surface area contributed by atoms with Gasteiger partial charge in [0.1, 0.15) is 5.52 Å². The van der Waals surface area contributed by atoms with Gasteiger partial charge in [0.2, 0.25) is 0 Å². The Bertz CT molecular complexity index is 684. The van der Waals surface area contributed by atoms with Crippen LogP contribution in [0.4, 0.5) is 11.4 Å². The largest absolute Gasteiger partial charge is 0.395 e. The molecule has 2 heterocycles. The first-order chi connectivity index (χ1) is 8.75. The second-order valence-corrected chi connectivity index (χ2v) is 5.79. The van der Waals surface area contributed by atoms with Gasteiger partial charge in [-0.1, -0.05) is 0 Å². The van der Waals surface area contributed by atoms with Gasteiger partial charge in [0.05, 0.1) is 21.6 Å². The lowest BCUT2D eigenvalue weighted by Gasteiger charge is -2.09. The Balaban J connectivity index is 1.86. The molecule has 3 rings (SSSR count). The predicted octanol–water partition coefficient (Wildman–Crippen LogP) is 3.86. The normalized spacial score (nSPS) is 10.9. The van der Waals surface area contributed by atoms with Crippen LogP contribution in [0.2, 0.25) is 0 Å². The molecule has 0 aliphatic rings. The number of hydrogen-bond acceptors (Lipinski definition) is 5. The van der Waals surface area contributed by atoms with Gasteiger partial charge in [-0.05, 0) is 40.9 Å². The lowest BCUT2D eigenvalue weighted by atomic mass is 10.2. The van der Waals surface area contributed by atoms with Gasteiger partial charge in [-0.3, -0.25) is 0 Å². The van der Waals surface area contributed by atoms with E-state index in [9.17, 15) is 0 Å². The number of nitrogens with one attached hydrogen (secondary N) is 1. The summed E-state index contributed by atoms with van der Waals surface area (Å²) in [6.45, 7) is 2.93. The third-order valence-electron chi connectivity index (χ3n) is 2.97. The van der Waals surface area contributed by atoms with Crippen LogP contribution in [-0.2, 0) is 6.54 Å². The first-order valence-corrected chi connectivity index (χ1v) is 7.45. The number of anilines is 2. The zero-order chi connectivity index (χ0) is 12.5. The number of hydrogen-bond donors (Lipinski definition) is 2. The Hall–Kier alpha value is -1.59. The summed E-state index contributed by atoms with van der Waals surface area (Å²) in [6.07, 6.45) is 0. The molecule has 0 saturated heterocycles. The lowest BCUT2D eigenvalue weighted by molar-refractivity contribution is 1.14. The third kappa shape index (κ3) is 1.95. The molecule has 0 radical (unpaired) electrons. The van der Waals surface area contributed by atoms with E-state index in [1.165, 1.54) is 11.1 Å². The topological polar surface area (TPSA) is 50.9 Å². The van der Waals surface area contributed by atoms with Gasteiger partial charge in [-0.25, -0.2) is 4.98 Å². The SMILES string of the molecule is Cc1cscc1CNc1ccc2scnc2c1N. The Morgan fingerprint density at radius 3 is 3.00 bits per heavy atom. The van der Waals surface area contributed by atoms with E-state index in [4.69, 9.17) is 5.73 Å². The highest BCUT2D eigenvalue weighted by molar-refractivity contribution is 7.16. The number of thiazole rings is 1. The van der Waals surface area contributed by atoms with E-state index < -0.39 is 0 Å². The van der Waals surface area contributed by atoms with Crippen molar-refractivity contribution in [3.8, 4) is 0 Å². The third-order valence-corrected chi connectivity index (χ3v) is 4.68. The van der Waals surface area contributed by atoms with Crippen LogP contribution in [0.1, 0.15) is 11.1 Å². The van der Waals surface area contributed by atoms with Crippen molar-refractivity contribution >= 4 is 44.3 Å². The molecule has 5 heteroatoms. The van der Waals surface area contributed by atoms with Crippen molar-refractivity contribution in [2.24, 2.45) is 0 Å². The second kappa shape index (κ2) is 4.59. The van der Waals surface area contributed by atoms with Crippen LogP contribution in [0, 0.1) is 6.92 Å². The molecule has 0 amide bonds. The quantitative estimate of drug-likeness (QED) is 0.714. The number of aromatic nitrogens is 1. The van der Waals surface area contributed by atoms with Crippen LogP contribution >= 0.6 is 22.7 Å². The van der Waals surface area contributed by atoms with Crippen LogP contribution in [0.25, 0.3) is 10.2 Å². The fraction of sp³-hybridized carbons (Fsp3) is 0.154. The van der Waals surface area contributed by atoms with Crippen molar-refractivity contribution < 1.29 is 0 Å². The predicted molar refractivity (Wildman–Crippen MR) is 80.4 cm³/mol. The number of aryl methyl sites for hydroxylation is 1. The summed E-state index contributed by atoms with van der Waals surface area (Å²) in [5, 5.41) is 7.71. The smallest absolute Gasteiger partial charge is 0.106 e. The van der Waals surface area contributed by atoms with E-state index in [0.717, 1.165) is 28.1 Å². The minimum Gasteiger partial charge on any atom is -0.395 e. The van der Waals surface area contributed by atoms with Crippen LogP contribution in [-0.4, -0.2) is 4.98 Å². The number of thiophene rings is 1. The molecule has 2 aromatic heterocycles. The monoisotopic (exact) mass is 275 g/mol. The second-order valence-electron chi connectivity index (χ2n) is 4.16. The fourth-order valence-electron chi connectivity index (χ4n) is 1.86. The standard InChI is InChI=1S/C13H13N3S2/c1-8-5-17-6-9(8)4-15-10-2-3-11-13(12(10)14)16-7-18-11/h2-3,5-7,15H,4,14H2,1H3. The molecule has 18 heavy (non-hydrogen) atoms.